The van der Waals surface area contributed by atoms with Gasteiger partial charge in [-0.2, -0.15) is 18.3 Å². The summed E-state index contributed by atoms with van der Waals surface area (Å²) in [6, 6.07) is 3.61. The van der Waals surface area contributed by atoms with E-state index in [4.69, 9.17) is 11.6 Å². The van der Waals surface area contributed by atoms with Gasteiger partial charge in [0.05, 0.1) is 15.1 Å². The Kier molecular flexibility index (Phi) is 5.37. The lowest BCUT2D eigenvalue weighted by Crippen LogP contribution is -2.21. The maximum atomic E-state index is 12.8. The van der Waals surface area contributed by atoms with E-state index in [0.29, 0.717) is 0 Å². The molecule has 0 saturated carbocycles. The number of halogens is 5. The Hall–Kier alpha value is -2.14. The Morgan fingerprint density at radius 1 is 1.48 bits per heavy atom. The second kappa shape index (κ2) is 7.00. The largest absolute Gasteiger partial charge is 0.436 e. The first-order valence-corrected chi connectivity index (χ1v) is 7.71. The normalized spacial score (nSPS) is 11.4. The second-order valence-corrected chi connectivity index (χ2v) is 6.10. The van der Waals surface area contributed by atoms with Gasteiger partial charge in [0, 0.05) is 11.1 Å². The van der Waals surface area contributed by atoms with Crippen LogP contribution in [-0.2, 0) is 17.5 Å². The molecule has 0 aliphatic heterocycles. The third-order valence-electron chi connectivity index (χ3n) is 3.13. The van der Waals surface area contributed by atoms with Crippen molar-refractivity contribution in [2.75, 3.05) is 5.32 Å². The van der Waals surface area contributed by atoms with E-state index in [1.54, 1.807) is 0 Å². The topological polar surface area (TPSA) is 90.1 Å². The Balaban J connectivity index is 2.24. The van der Waals surface area contributed by atoms with E-state index in [0.717, 1.165) is 10.7 Å². The minimum atomic E-state index is -4.68. The second-order valence-electron chi connectivity index (χ2n) is 4.87. The van der Waals surface area contributed by atoms with Gasteiger partial charge >= 0.3 is 6.18 Å². The molecule has 0 spiro atoms. The van der Waals surface area contributed by atoms with Gasteiger partial charge in [-0.05, 0) is 35.0 Å². The Bertz CT molecular complexity index is 854. The molecule has 7 nitrogen and oxygen atoms in total. The monoisotopic (exact) mass is 440 g/mol. The Morgan fingerprint density at radius 2 is 2.12 bits per heavy atom. The first kappa shape index (κ1) is 19.2. The number of anilines is 1. The SMILES string of the molecule is Cc1c(Br)c(C(F)(F)F)nn1CC(=O)Nc1ccc(Cl)cc1[N+](=O)[O-]. The molecule has 0 atom stereocenters. The van der Waals surface area contributed by atoms with Gasteiger partial charge in [0.25, 0.3) is 5.69 Å². The van der Waals surface area contributed by atoms with E-state index in [1.165, 1.54) is 19.1 Å². The van der Waals surface area contributed by atoms with Crippen molar-refractivity contribution >= 4 is 44.8 Å². The van der Waals surface area contributed by atoms with Crippen LogP contribution in [0.15, 0.2) is 22.7 Å². The minimum absolute atomic E-state index is 0.0908. The molecule has 1 amide bonds. The molecule has 0 aliphatic carbocycles. The summed E-state index contributed by atoms with van der Waals surface area (Å²) in [5.41, 5.74) is -1.63. The fourth-order valence-corrected chi connectivity index (χ4v) is 2.62. The van der Waals surface area contributed by atoms with Crippen LogP contribution in [0.3, 0.4) is 0 Å². The van der Waals surface area contributed by atoms with Crippen molar-refractivity contribution in [2.45, 2.75) is 19.6 Å². The molecule has 0 radical (unpaired) electrons. The van der Waals surface area contributed by atoms with Crippen LogP contribution < -0.4 is 5.32 Å². The average Bonchev–Trinajstić information content (AvgIpc) is 2.77. The van der Waals surface area contributed by atoms with Gasteiger partial charge in [0.15, 0.2) is 5.69 Å². The quantitative estimate of drug-likeness (QED) is 0.569. The fourth-order valence-electron chi connectivity index (χ4n) is 1.95. The van der Waals surface area contributed by atoms with Gasteiger partial charge in [0.2, 0.25) is 5.91 Å². The number of nitrogens with one attached hydrogen (secondary N) is 1. The number of carbonyl (C=O) groups is 1. The summed E-state index contributed by atoms with van der Waals surface area (Å²) in [5.74, 6) is -0.780. The molecule has 1 aromatic heterocycles. The van der Waals surface area contributed by atoms with Gasteiger partial charge in [0.1, 0.15) is 12.2 Å². The first-order chi connectivity index (χ1) is 11.5. The van der Waals surface area contributed by atoms with Gasteiger partial charge in [-0.3, -0.25) is 19.6 Å². The van der Waals surface area contributed by atoms with Gasteiger partial charge in [-0.15, -0.1) is 0 Å². The molecule has 0 fully saturated rings. The zero-order valence-electron chi connectivity index (χ0n) is 12.4. The Morgan fingerprint density at radius 3 is 2.64 bits per heavy atom. The summed E-state index contributed by atoms with van der Waals surface area (Å²) >= 11 is 8.46. The summed E-state index contributed by atoms with van der Waals surface area (Å²) in [7, 11) is 0. The highest BCUT2D eigenvalue weighted by molar-refractivity contribution is 9.10. The molecule has 134 valence electrons. The zero-order chi connectivity index (χ0) is 18.9. The van der Waals surface area contributed by atoms with E-state index in [1.807, 2.05) is 0 Å². The number of amides is 1. The summed E-state index contributed by atoms with van der Waals surface area (Å²) in [6.07, 6.45) is -4.68. The predicted octanol–water partition coefficient (Wildman–Crippen LogP) is 4.17. The molecule has 25 heavy (non-hydrogen) atoms. The lowest BCUT2D eigenvalue weighted by atomic mass is 10.2. The smallest absolute Gasteiger partial charge is 0.319 e. The highest BCUT2D eigenvalue weighted by Gasteiger charge is 2.38. The van der Waals surface area contributed by atoms with Crippen molar-refractivity contribution in [3.05, 3.63) is 49.2 Å². The number of hydrogen-bond donors (Lipinski definition) is 1. The lowest BCUT2D eigenvalue weighted by Gasteiger charge is -2.08. The van der Waals surface area contributed by atoms with E-state index in [9.17, 15) is 28.1 Å². The summed E-state index contributed by atoms with van der Waals surface area (Å²) in [5, 5.41) is 16.7. The molecule has 1 aromatic carbocycles. The summed E-state index contributed by atoms with van der Waals surface area (Å²) < 4.78 is 39.0. The van der Waals surface area contributed by atoms with Crippen LogP contribution >= 0.6 is 27.5 Å². The van der Waals surface area contributed by atoms with Crippen molar-refractivity contribution in [2.24, 2.45) is 0 Å². The molecule has 1 heterocycles. The van der Waals surface area contributed by atoms with Crippen LogP contribution in [0.25, 0.3) is 0 Å². The van der Waals surface area contributed by atoms with Crippen molar-refractivity contribution < 1.29 is 22.9 Å². The Labute approximate surface area is 152 Å². The van der Waals surface area contributed by atoms with E-state index >= 15 is 0 Å². The molecule has 2 rings (SSSR count). The van der Waals surface area contributed by atoms with E-state index in [2.05, 4.69) is 26.3 Å². The zero-order valence-corrected chi connectivity index (χ0v) is 14.7. The van der Waals surface area contributed by atoms with Gasteiger partial charge in [-0.1, -0.05) is 11.6 Å². The number of alkyl halides is 3. The highest BCUT2D eigenvalue weighted by Crippen LogP contribution is 2.35. The molecular weight excluding hydrogens is 433 g/mol. The molecule has 2 aromatic rings. The van der Waals surface area contributed by atoms with E-state index < -0.39 is 34.9 Å². The molecule has 0 unspecified atom stereocenters. The lowest BCUT2D eigenvalue weighted by molar-refractivity contribution is -0.383. The summed E-state index contributed by atoms with van der Waals surface area (Å²) in [6.45, 7) is 0.796. The maximum absolute atomic E-state index is 12.8. The summed E-state index contributed by atoms with van der Waals surface area (Å²) in [4.78, 5) is 22.3. The highest BCUT2D eigenvalue weighted by atomic mass is 79.9. The standard InChI is InChI=1S/C13H9BrClF3N4O3/c1-6-11(14)12(13(16,17)18)20-21(6)5-10(23)19-8-3-2-7(15)4-9(8)22(24)25/h2-4H,5H2,1H3,(H,19,23). The fraction of sp³-hybridized carbons (Fsp3) is 0.231. The van der Waals surface area contributed by atoms with Crippen LogP contribution in [0.2, 0.25) is 5.02 Å². The van der Waals surface area contributed by atoms with E-state index in [-0.39, 0.29) is 20.9 Å². The number of nitro benzene ring substituents is 1. The van der Waals surface area contributed by atoms with Crippen LogP contribution in [-0.4, -0.2) is 20.6 Å². The van der Waals surface area contributed by atoms with Gasteiger partial charge in [-0.25, -0.2) is 0 Å². The third-order valence-corrected chi connectivity index (χ3v) is 4.31. The van der Waals surface area contributed by atoms with Crippen molar-refractivity contribution in [1.29, 1.82) is 0 Å². The number of hydrogen-bond acceptors (Lipinski definition) is 4. The number of carbonyl (C=O) groups excluding carboxylic acids is 1. The average molecular weight is 442 g/mol. The van der Waals surface area contributed by atoms with Crippen molar-refractivity contribution in [3.63, 3.8) is 0 Å². The number of nitro groups is 1. The number of benzene rings is 1. The maximum Gasteiger partial charge on any atom is 0.436 e. The number of aromatic nitrogens is 2. The third kappa shape index (κ3) is 4.28. The van der Waals surface area contributed by atoms with Crippen LogP contribution in [0.4, 0.5) is 24.5 Å². The molecule has 1 N–H and O–H groups in total. The number of nitrogens with zero attached hydrogens (tertiary/aromatic N) is 3. The number of rotatable bonds is 4. The molecule has 0 bridgehead atoms. The van der Waals surface area contributed by atoms with Crippen molar-refractivity contribution in [1.82, 2.24) is 9.78 Å². The van der Waals surface area contributed by atoms with Crippen LogP contribution in [0.5, 0.6) is 0 Å². The first-order valence-electron chi connectivity index (χ1n) is 6.54. The van der Waals surface area contributed by atoms with Crippen LogP contribution in [0.1, 0.15) is 11.4 Å². The van der Waals surface area contributed by atoms with Crippen LogP contribution in [0, 0.1) is 17.0 Å². The van der Waals surface area contributed by atoms with Gasteiger partial charge < -0.3 is 5.32 Å². The molecular formula is C13H9BrClF3N4O3. The predicted molar refractivity (Wildman–Crippen MR) is 86.4 cm³/mol. The molecule has 0 aliphatic rings. The molecule has 12 heteroatoms. The molecule has 0 saturated heterocycles. The van der Waals surface area contributed by atoms with Crippen molar-refractivity contribution in [3.8, 4) is 0 Å². The minimum Gasteiger partial charge on any atom is -0.319 e.